The number of fused-ring (bicyclic) bond motifs is 2. The standard InChI is InChI=1S/C30H21B4N9O2/c1-4-19(31)24(33)25(34)20(32)15-42-27(16(2)37-29(44)23-26(35)40-43-13-6-12-36-28(23)43)38-21-8-5-7-17(22(21)30(42)45)9-10-18-11-14-41(3)39-18/h1,5-8,11-14,16H,15H2,2-3H3,(H2,35,40)(H,37,44)/b24-19-,25-20-. The minimum atomic E-state index is -0.853. The zero-order chi connectivity index (χ0) is 32.4. The van der Waals surface area contributed by atoms with Crippen LogP contribution in [0.2, 0.25) is 0 Å². The molecule has 8 radical (unpaired) electrons. The number of benzene rings is 1. The number of terminal acetylenes is 1. The van der Waals surface area contributed by atoms with Crippen LogP contribution in [0.4, 0.5) is 5.82 Å². The fourth-order valence-electron chi connectivity index (χ4n) is 4.59. The molecule has 15 heteroatoms. The van der Waals surface area contributed by atoms with Gasteiger partial charge in [-0.3, -0.25) is 18.8 Å². The molecule has 4 aromatic heterocycles. The lowest BCUT2D eigenvalue weighted by atomic mass is 9.66. The van der Waals surface area contributed by atoms with Crippen LogP contribution in [0, 0.1) is 24.2 Å². The minimum absolute atomic E-state index is 0.0122. The largest absolute Gasteiger partial charge is 0.381 e. The Hall–Kier alpha value is -5.68. The molecule has 0 spiro atoms. The van der Waals surface area contributed by atoms with E-state index in [1.54, 1.807) is 61.4 Å². The fraction of sp³-hybridized carbons (Fsp3) is 0.133. The van der Waals surface area contributed by atoms with Crippen molar-refractivity contribution < 1.29 is 4.79 Å². The van der Waals surface area contributed by atoms with Gasteiger partial charge in [-0.15, -0.1) is 27.9 Å². The van der Waals surface area contributed by atoms with Crippen LogP contribution in [0.25, 0.3) is 16.6 Å². The number of hydrogen-bond acceptors (Lipinski definition) is 7. The lowest BCUT2D eigenvalue weighted by molar-refractivity contribution is 0.0939. The van der Waals surface area contributed by atoms with E-state index in [1.807, 2.05) is 0 Å². The molecule has 5 rings (SSSR count). The average molecular weight is 583 g/mol. The second-order valence-corrected chi connectivity index (χ2v) is 9.94. The van der Waals surface area contributed by atoms with Gasteiger partial charge in [-0.1, -0.05) is 23.4 Å². The molecule has 1 unspecified atom stereocenters. The summed E-state index contributed by atoms with van der Waals surface area (Å²) in [5.74, 6) is 7.73. The number of nitrogens with two attached hydrogens (primary N) is 1. The van der Waals surface area contributed by atoms with Crippen molar-refractivity contribution in [2.75, 3.05) is 5.73 Å². The van der Waals surface area contributed by atoms with Crippen LogP contribution in [-0.2, 0) is 13.6 Å². The number of amides is 1. The normalized spacial score (nSPS) is 12.9. The Balaban J connectivity index is 1.65. The van der Waals surface area contributed by atoms with Crippen molar-refractivity contribution in [2.24, 2.45) is 7.05 Å². The summed E-state index contributed by atoms with van der Waals surface area (Å²) in [7, 11) is 26.0. The average Bonchev–Trinajstić information content (AvgIpc) is 3.60. The van der Waals surface area contributed by atoms with Crippen LogP contribution in [0.3, 0.4) is 0 Å². The Bertz CT molecular complexity index is 2230. The molecule has 45 heavy (non-hydrogen) atoms. The van der Waals surface area contributed by atoms with Gasteiger partial charge < -0.3 is 11.1 Å². The first kappa shape index (κ1) is 30.8. The quantitative estimate of drug-likeness (QED) is 0.168. The summed E-state index contributed by atoms with van der Waals surface area (Å²) in [6.07, 6.45) is 10.2. The molecule has 1 atom stereocenters. The molecule has 0 saturated carbocycles. The molecular weight excluding hydrogens is 562 g/mol. The molecule has 0 saturated heterocycles. The van der Waals surface area contributed by atoms with Gasteiger partial charge in [0.1, 0.15) is 48.5 Å². The highest BCUT2D eigenvalue weighted by molar-refractivity contribution is 6.44. The molecule has 0 bridgehead atoms. The van der Waals surface area contributed by atoms with E-state index in [0.29, 0.717) is 16.8 Å². The van der Waals surface area contributed by atoms with Crippen LogP contribution >= 0.6 is 0 Å². The monoisotopic (exact) mass is 583 g/mol. The topological polar surface area (TPSA) is 138 Å². The first-order chi connectivity index (χ1) is 21.5. The van der Waals surface area contributed by atoms with E-state index in [0.717, 1.165) is 0 Å². The van der Waals surface area contributed by atoms with Crippen molar-refractivity contribution in [3.05, 3.63) is 104 Å². The summed E-state index contributed by atoms with van der Waals surface area (Å²) in [6, 6.07) is 7.63. The van der Waals surface area contributed by atoms with Crippen LogP contribution < -0.4 is 16.6 Å². The number of carbonyl (C=O) groups excluding carboxylic acids is 1. The highest BCUT2D eigenvalue weighted by Gasteiger charge is 2.24. The molecule has 0 fully saturated rings. The first-order valence-electron chi connectivity index (χ1n) is 13.4. The molecule has 3 N–H and O–H groups in total. The minimum Gasteiger partial charge on any atom is -0.381 e. The first-order valence-corrected chi connectivity index (χ1v) is 13.4. The summed E-state index contributed by atoms with van der Waals surface area (Å²) in [5, 5.41) is 11.5. The molecule has 1 amide bonds. The number of nitrogens with one attached hydrogen (secondary N) is 1. The van der Waals surface area contributed by atoms with E-state index in [-0.39, 0.29) is 56.7 Å². The van der Waals surface area contributed by atoms with Crippen molar-refractivity contribution >= 4 is 59.7 Å². The molecule has 210 valence electrons. The summed E-state index contributed by atoms with van der Waals surface area (Å²) >= 11 is 0. The predicted molar refractivity (Wildman–Crippen MR) is 174 cm³/mol. The zero-order valence-corrected chi connectivity index (χ0v) is 24.3. The second kappa shape index (κ2) is 12.5. The fourth-order valence-corrected chi connectivity index (χ4v) is 4.59. The van der Waals surface area contributed by atoms with Gasteiger partial charge in [0.2, 0.25) is 0 Å². The number of carbonyl (C=O) groups is 1. The third kappa shape index (κ3) is 6.06. The van der Waals surface area contributed by atoms with E-state index in [9.17, 15) is 9.59 Å². The molecule has 5 aromatic rings. The Kier molecular flexibility index (Phi) is 8.55. The predicted octanol–water partition coefficient (Wildman–Crippen LogP) is 0.376. The lowest BCUT2D eigenvalue weighted by Crippen LogP contribution is -2.35. The Morgan fingerprint density at radius 3 is 2.58 bits per heavy atom. The van der Waals surface area contributed by atoms with E-state index in [4.69, 9.17) is 48.5 Å². The Morgan fingerprint density at radius 1 is 1.09 bits per heavy atom. The molecule has 1 aromatic carbocycles. The van der Waals surface area contributed by atoms with E-state index in [1.165, 1.54) is 15.3 Å². The number of hydrogen-bond donors (Lipinski definition) is 2. The number of aryl methyl sites for hydroxylation is 1. The summed E-state index contributed by atoms with van der Waals surface area (Å²) in [5.41, 5.74) is 6.79. The van der Waals surface area contributed by atoms with Crippen LogP contribution in [0.1, 0.15) is 40.4 Å². The van der Waals surface area contributed by atoms with Crippen molar-refractivity contribution in [2.45, 2.75) is 19.5 Å². The number of nitrogens with zero attached hydrogens (tertiary/aromatic N) is 7. The maximum absolute atomic E-state index is 14.2. The van der Waals surface area contributed by atoms with Crippen LogP contribution in [0.15, 0.2) is 75.6 Å². The smallest absolute Gasteiger partial charge is 0.262 e. The van der Waals surface area contributed by atoms with Crippen LogP contribution in [-0.4, -0.2) is 71.2 Å². The van der Waals surface area contributed by atoms with Crippen molar-refractivity contribution in [3.8, 4) is 24.2 Å². The highest BCUT2D eigenvalue weighted by atomic mass is 16.2. The number of aromatic nitrogens is 7. The van der Waals surface area contributed by atoms with Gasteiger partial charge in [0.25, 0.3) is 11.5 Å². The highest BCUT2D eigenvalue weighted by Crippen LogP contribution is 2.21. The molecule has 4 heterocycles. The van der Waals surface area contributed by atoms with Crippen molar-refractivity contribution in [1.82, 2.24) is 39.2 Å². The van der Waals surface area contributed by atoms with Gasteiger partial charge in [0, 0.05) is 37.7 Å². The SMILES string of the molecule is [B]/C(C#C)=C([B])/C([B])=C(/[B])Cn1c(C(C)NC(=O)c2c(N)nn3cccnc23)nc2cccc(C#Cc3ccn(C)n3)c2c1=O. The maximum Gasteiger partial charge on any atom is 0.262 e. The number of nitrogen functional groups attached to an aromatic ring is 1. The lowest BCUT2D eigenvalue weighted by Gasteiger charge is -2.21. The second-order valence-electron chi connectivity index (χ2n) is 9.94. The van der Waals surface area contributed by atoms with Crippen molar-refractivity contribution in [3.63, 3.8) is 0 Å². The third-order valence-corrected chi connectivity index (χ3v) is 6.85. The van der Waals surface area contributed by atoms with Gasteiger partial charge in [0.05, 0.1) is 16.9 Å². The number of allylic oxidation sites excluding steroid dienone is 4. The van der Waals surface area contributed by atoms with Crippen molar-refractivity contribution in [1.29, 1.82) is 0 Å². The van der Waals surface area contributed by atoms with Gasteiger partial charge in [-0.05, 0) is 37.1 Å². The maximum atomic E-state index is 14.2. The molecule has 0 aliphatic carbocycles. The Morgan fingerprint density at radius 2 is 1.87 bits per heavy atom. The third-order valence-electron chi connectivity index (χ3n) is 6.85. The van der Waals surface area contributed by atoms with E-state index < -0.39 is 17.5 Å². The molecule has 0 aliphatic heterocycles. The molecule has 11 nitrogen and oxygen atoms in total. The molecular formula is C30H21B4N9O2. The van der Waals surface area contributed by atoms with Gasteiger partial charge >= 0.3 is 0 Å². The van der Waals surface area contributed by atoms with Gasteiger partial charge in [-0.25, -0.2) is 14.5 Å². The number of anilines is 1. The summed E-state index contributed by atoms with van der Waals surface area (Å²) in [4.78, 5) is 36.6. The van der Waals surface area contributed by atoms with Gasteiger partial charge in [-0.2, -0.15) is 5.10 Å². The van der Waals surface area contributed by atoms with Crippen LogP contribution in [0.5, 0.6) is 0 Å². The number of rotatable bonds is 6. The molecule has 0 aliphatic rings. The van der Waals surface area contributed by atoms with Gasteiger partial charge in [0.15, 0.2) is 11.5 Å². The summed E-state index contributed by atoms with van der Waals surface area (Å²) < 4.78 is 4.28. The Labute approximate surface area is 263 Å². The van der Waals surface area contributed by atoms with E-state index in [2.05, 4.69) is 38.3 Å². The van der Waals surface area contributed by atoms with E-state index >= 15 is 0 Å². The summed E-state index contributed by atoms with van der Waals surface area (Å²) in [6.45, 7) is 1.38. The zero-order valence-electron chi connectivity index (χ0n) is 24.3.